The number of carboxylic acid groups (broad SMARTS) is 1. The molecule has 2 atom stereocenters. The lowest BCUT2D eigenvalue weighted by molar-refractivity contribution is -0.138. The van der Waals surface area contributed by atoms with Gasteiger partial charge < -0.3 is 14.9 Å². The fourth-order valence-electron chi connectivity index (χ4n) is 2.40. The predicted molar refractivity (Wildman–Crippen MR) is 72.9 cm³/mol. The van der Waals surface area contributed by atoms with Crippen LogP contribution in [0.5, 0.6) is 0 Å². The second kappa shape index (κ2) is 7.07. The van der Waals surface area contributed by atoms with Gasteiger partial charge in [0.05, 0.1) is 6.42 Å². The molecule has 0 aliphatic carbocycles. The van der Waals surface area contributed by atoms with E-state index in [1.807, 2.05) is 0 Å². The topological polar surface area (TPSA) is 47.0 Å². The Hall–Kier alpha value is -0.650. The van der Waals surface area contributed by atoms with E-state index in [0.717, 1.165) is 32.6 Å². The Balaban J connectivity index is 2.65. The Morgan fingerprint density at radius 3 is 2.67 bits per heavy atom. The molecule has 1 rings (SSSR count). The Kier molecular flexibility index (Phi) is 6.05. The number of rotatable bonds is 5. The molecule has 18 heavy (non-hydrogen) atoms. The van der Waals surface area contributed by atoms with E-state index in [2.05, 4.69) is 42.8 Å². The molecule has 0 spiro atoms. The lowest BCUT2D eigenvalue weighted by Gasteiger charge is -2.31. The van der Waals surface area contributed by atoms with Gasteiger partial charge in [-0.3, -0.25) is 9.69 Å². The molecule has 1 fully saturated rings. The number of hydrogen-bond donors (Lipinski definition) is 1. The number of carboxylic acids is 1. The van der Waals surface area contributed by atoms with E-state index in [9.17, 15) is 4.79 Å². The number of nitrogens with zero attached hydrogens (tertiary/aromatic N) is 3. The number of likely N-dealkylation sites (N-methyl/N-ethyl adjacent to an activating group) is 2. The van der Waals surface area contributed by atoms with Crippen LogP contribution in [0.1, 0.15) is 19.8 Å². The minimum Gasteiger partial charge on any atom is -0.481 e. The van der Waals surface area contributed by atoms with E-state index in [1.54, 1.807) is 0 Å². The standard InChI is InChI=1S/C13H27N3O2/c1-11-5-6-16(8-7-14(2)3)12(9-13(17)18)10-15(11)4/h11-12H,5-10H2,1-4H3,(H,17,18). The summed E-state index contributed by atoms with van der Waals surface area (Å²) < 4.78 is 0. The zero-order valence-corrected chi connectivity index (χ0v) is 12.1. The summed E-state index contributed by atoms with van der Waals surface area (Å²) in [6.45, 7) is 5.99. The SMILES string of the molecule is CC1CCN(CCN(C)C)C(CC(=O)O)CN1C. The Bertz CT molecular complexity index is 269. The molecule has 0 aromatic carbocycles. The normalized spacial score (nSPS) is 27.4. The third kappa shape index (κ3) is 4.92. The van der Waals surface area contributed by atoms with E-state index in [0.29, 0.717) is 6.04 Å². The van der Waals surface area contributed by atoms with Crippen molar-refractivity contribution < 1.29 is 9.90 Å². The van der Waals surface area contributed by atoms with Gasteiger partial charge in [-0.05, 0) is 34.5 Å². The molecule has 0 bridgehead atoms. The van der Waals surface area contributed by atoms with Crippen LogP contribution in [0.4, 0.5) is 0 Å². The lowest BCUT2D eigenvalue weighted by Crippen LogP contribution is -2.44. The fourth-order valence-corrected chi connectivity index (χ4v) is 2.40. The minimum absolute atomic E-state index is 0.136. The van der Waals surface area contributed by atoms with Crippen molar-refractivity contribution >= 4 is 5.97 Å². The maximum Gasteiger partial charge on any atom is 0.304 e. The van der Waals surface area contributed by atoms with Gasteiger partial charge in [-0.1, -0.05) is 0 Å². The number of hydrogen-bond acceptors (Lipinski definition) is 4. The molecule has 1 heterocycles. The van der Waals surface area contributed by atoms with Crippen LogP contribution in [0, 0.1) is 0 Å². The summed E-state index contributed by atoms with van der Waals surface area (Å²) in [5.74, 6) is -0.696. The molecule has 5 nitrogen and oxygen atoms in total. The minimum atomic E-state index is -0.696. The second-order valence-corrected chi connectivity index (χ2v) is 5.67. The second-order valence-electron chi connectivity index (χ2n) is 5.67. The molecule has 1 saturated heterocycles. The van der Waals surface area contributed by atoms with Crippen molar-refractivity contribution in [2.24, 2.45) is 0 Å². The molecule has 1 aliphatic rings. The molecule has 0 saturated carbocycles. The van der Waals surface area contributed by atoms with E-state index in [1.165, 1.54) is 0 Å². The van der Waals surface area contributed by atoms with Crippen LogP contribution >= 0.6 is 0 Å². The fraction of sp³-hybridized carbons (Fsp3) is 0.923. The van der Waals surface area contributed by atoms with Crippen LogP contribution in [0.25, 0.3) is 0 Å². The lowest BCUT2D eigenvalue weighted by atomic mass is 10.1. The maximum absolute atomic E-state index is 11.0. The van der Waals surface area contributed by atoms with Gasteiger partial charge in [-0.15, -0.1) is 0 Å². The van der Waals surface area contributed by atoms with Gasteiger partial charge in [-0.25, -0.2) is 0 Å². The van der Waals surface area contributed by atoms with Crippen LogP contribution in [0.3, 0.4) is 0 Å². The average molecular weight is 257 g/mol. The smallest absolute Gasteiger partial charge is 0.304 e. The third-order valence-corrected chi connectivity index (χ3v) is 3.85. The molecule has 5 heteroatoms. The van der Waals surface area contributed by atoms with Gasteiger partial charge >= 0.3 is 5.97 Å². The molecule has 0 aromatic heterocycles. The van der Waals surface area contributed by atoms with Crippen LogP contribution in [-0.4, -0.2) is 85.2 Å². The molecule has 0 aromatic rings. The van der Waals surface area contributed by atoms with E-state index in [4.69, 9.17) is 5.11 Å². The molecule has 0 radical (unpaired) electrons. The van der Waals surface area contributed by atoms with E-state index >= 15 is 0 Å². The average Bonchev–Trinajstić information content (AvgIpc) is 2.37. The largest absolute Gasteiger partial charge is 0.481 e. The first-order valence-corrected chi connectivity index (χ1v) is 6.71. The summed E-state index contributed by atoms with van der Waals surface area (Å²) in [6, 6.07) is 0.669. The molecular weight excluding hydrogens is 230 g/mol. The summed E-state index contributed by atoms with van der Waals surface area (Å²) in [7, 11) is 6.20. The molecule has 0 amide bonds. The highest BCUT2D eigenvalue weighted by Gasteiger charge is 2.28. The van der Waals surface area contributed by atoms with Crippen LogP contribution in [0.2, 0.25) is 0 Å². The monoisotopic (exact) mass is 257 g/mol. The molecule has 106 valence electrons. The molecular formula is C13H27N3O2. The Morgan fingerprint density at radius 1 is 1.44 bits per heavy atom. The van der Waals surface area contributed by atoms with Crippen molar-refractivity contribution in [3.8, 4) is 0 Å². The summed E-state index contributed by atoms with van der Waals surface area (Å²) in [4.78, 5) is 17.8. The van der Waals surface area contributed by atoms with Crippen molar-refractivity contribution in [3.05, 3.63) is 0 Å². The zero-order chi connectivity index (χ0) is 13.7. The van der Waals surface area contributed by atoms with Crippen molar-refractivity contribution in [2.45, 2.75) is 31.8 Å². The zero-order valence-electron chi connectivity index (χ0n) is 12.1. The molecule has 2 unspecified atom stereocenters. The van der Waals surface area contributed by atoms with E-state index < -0.39 is 5.97 Å². The first kappa shape index (κ1) is 15.4. The molecule has 1 N–H and O–H groups in total. The number of aliphatic carboxylic acids is 1. The summed E-state index contributed by atoms with van der Waals surface area (Å²) in [5.41, 5.74) is 0. The maximum atomic E-state index is 11.0. The first-order valence-electron chi connectivity index (χ1n) is 6.71. The summed E-state index contributed by atoms with van der Waals surface area (Å²) >= 11 is 0. The van der Waals surface area contributed by atoms with Gasteiger partial charge in [0.15, 0.2) is 0 Å². The highest BCUT2D eigenvalue weighted by Crippen LogP contribution is 2.16. The van der Waals surface area contributed by atoms with Crippen molar-refractivity contribution in [1.29, 1.82) is 0 Å². The molecule has 1 aliphatic heterocycles. The van der Waals surface area contributed by atoms with Gasteiger partial charge in [0.25, 0.3) is 0 Å². The van der Waals surface area contributed by atoms with Gasteiger partial charge in [0.2, 0.25) is 0 Å². The summed E-state index contributed by atoms with van der Waals surface area (Å²) in [5, 5.41) is 9.05. The highest BCUT2D eigenvalue weighted by atomic mass is 16.4. The van der Waals surface area contributed by atoms with E-state index in [-0.39, 0.29) is 12.5 Å². The van der Waals surface area contributed by atoms with Crippen molar-refractivity contribution in [2.75, 3.05) is 47.3 Å². The van der Waals surface area contributed by atoms with Crippen molar-refractivity contribution in [3.63, 3.8) is 0 Å². The Labute approximate surface area is 110 Å². The van der Waals surface area contributed by atoms with Crippen LogP contribution in [-0.2, 0) is 4.79 Å². The van der Waals surface area contributed by atoms with Crippen LogP contribution < -0.4 is 0 Å². The Morgan fingerprint density at radius 2 is 2.11 bits per heavy atom. The van der Waals surface area contributed by atoms with Crippen LogP contribution in [0.15, 0.2) is 0 Å². The quantitative estimate of drug-likeness (QED) is 0.773. The number of carbonyl (C=O) groups is 1. The summed E-state index contributed by atoms with van der Waals surface area (Å²) in [6.07, 6.45) is 1.35. The van der Waals surface area contributed by atoms with Gasteiger partial charge in [-0.2, -0.15) is 0 Å². The van der Waals surface area contributed by atoms with Gasteiger partial charge in [0, 0.05) is 38.3 Å². The van der Waals surface area contributed by atoms with Gasteiger partial charge in [0.1, 0.15) is 0 Å². The third-order valence-electron chi connectivity index (χ3n) is 3.85. The van der Waals surface area contributed by atoms with Crippen molar-refractivity contribution in [1.82, 2.24) is 14.7 Å². The highest BCUT2D eigenvalue weighted by molar-refractivity contribution is 5.67. The predicted octanol–water partition coefficient (Wildman–Crippen LogP) is 0.417. The first-order chi connectivity index (χ1) is 8.40.